The quantitative estimate of drug-likeness (QED) is 0.674. The van der Waals surface area contributed by atoms with Crippen molar-refractivity contribution in [2.75, 3.05) is 11.5 Å². The molecule has 0 unspecified atom stereocenters. The standard InChI is InChI=1S/C9H11N5S/c10-7-6(8-12-9(11)14-13-8)4-2-1-3-5(4)15-7/h1-3,10H2,(H3,11,12,13,14). The van der Waals surface area contributed by atoms with Crippen molar-refractivity contribution in [2.45, 2.75) is 19.3 Å². The third-order valence-corrected chi connectivity index (χ3v) is 3.81. The summed E-state index contributed by atoms with van der Waals surface area (Å²) in [4.78, 5) is 5.52. The minimum atomic E-state index is 0.266. The van der Waals surface area contributed by atoms with E-state index in [4.69, 9.17) is 11.5 Å². The Morgan fingerprint density at radius 3 is 2.87 bits per heavy atom. The van der Waals surface area contributed by atoms with Gasteiger partial charge in [0.1, 0.15) is 0 Å². The van der Waals surface area contributed by atoms with E-state index >= 15 is 0 Å². The van der Waals surface area contributed by atoms with Gasteiger partial charge in [-0.1, -0.05) is 0 Å². The predicted octanol–water partition coefficient (Wildman–Crippen LogP) is 1.19. The van der Waals surface area contributed by atoms with Crippen LogP contribution in [0.2, 0.25) is 0 Å². The minimum Gasteiger partial charge on any atom is -0.390 e. The van der Waals surface area contributed by atoms with Gasteiger partial charge < -0.3 is 11.5 Å². The van der Waals surface area contributed by atoms with Crippen LogP contribution in [-0.2, 0) is 12.8 Å². The molecular weight excluding hydrogens is 210 g/mol. The number of rotatable bonds is 1. The van der Waals surface area contributed by atoms with Gasteiger partial charge >= 0.3 is 0 Å². The van der Waals surface area contributed by atoms with Crippen molar-refractivity contribution in [1.29, 1.82) is 0 Å². The summed E-state index contributed by atoms with van der Waals surface area (Å²) in [5, 5.41) is 7.46. The average Bonchev–Trinajstić information content (AvgIpc) is 2.81. The van der Waals surface area contributed by atoms with Gasteiger partial charge in [0.15, 0.2) is 5.82 Å². The van der Waals surface area contributed by atoms with E-state index < -0.39 is 0 Å². The number of aromatic amines is 1. The number of hydrogen-bond acceptors (Lipinski definition) is 5. The molecule has 6 heteroatoms. The van der Waals surface area contributed by atoms with Crippen LogP contribution in [0.5, 0.6) is 0 Å². The van der Waals surface area contributed by atoms with Crippen molar-refractivity contribution in [3.05, 3.63) is 10.4 Å². The topological polar surface area (TPSA) is 93.6 Å². The van der Waals surface area contributed by atoms with Crippen LogP contribution in [-0.4, -0.2) is 15.2 Å². The first-order valence-electron chi connectivity index (χ1n) is 4.84. The highest BCUT2D eigenvalue weighted by atomic mass is 32.1. The van der Waals surface area contributed by atoms with E-state index in [1.54, 1.807) is 11.3 Å². The third-order valence-electron chi connectivity index (χ3n) is 2.69. The molecule has 0 atom stereocenters. The molecule has 0 fully saturated rings. The molecule has 2 heterocycles. The van der Waals surface area contributed by atoms with Gasteiger partial charge in [-0.15, -0.1) is 16.4 Å². The number of nitrogens with one attached hydrogen (secondary N) is 1. The van der Waals surface area contributed by atoms with E-state index in [0.29, 0.717) is 5.82 Å². The Morgan fingerprint density at radius 1 is 1.27 bits per heavy atom. The molecule has 0 bridgehead atoms. The second-order valence-electron chi connectivity index (χ2n) is 3.64. The van der Waals surface area contributed by atoms with Crippen molar-refractivity contribution < 1.29 is 0 Å². The molecule has 0 radical (unpaired) electrons. The highest BCUT2D eigenvalue weighted by Crippen LogP contribution is 2.42. The summed E-state index contributed by atoms with van der Waals surface area (Å²) < 4.78 is 0. The van der Waals surface area contributed by atoms with Crippen molar-refractivity contribution >= 4 is 22.3 Å². The number of H-pyrrole nitrogens is 1. The zero-order chi connectivity index (χ0) is 10.4. The summed E-state index contributed by atoms with van der Waals surface area (Å²) in [6.45, 7) is 0. The number of anilines is 2. The second-order valence-corrected chi connectivity index (χ2v) is 4.78. The maximum atomic E-state index is 5.98. The fraction of sp³-hybridized carbons (Fsp3) is 0.333. The van der Waals surface area contributed by atoms with E-state index in [-0.39, 0.29) is 5.95 Å². The van der Waals surface area contributed by atoms with Gasteiger partial charge in [-0.3, -0.25) is 5.10 Å². The maximum Gasteiger partial charge on any atom is 0.239 e. The Labute approximate surface area is 90.5 Å². The summed E-state index contributed by atoms with van der Waals surface area (Å²) in [6, 6.07) is 0. The van der Waals surface area contributed by atoms with E-state index in [2.05, 4.69) is 15.2 Å². The summed E-state index contributed by atoms with van der Waals surface area (Å²) >= 11 is 1.66. The number of aryl methyl sites for hydroxylation is 1. The Balaban J connectivity index is 2.19. The lowest BCUT2D eigenvalue weighted by Gasteiger charge is -1.97. The fourth-order valence-electron chi connectivity index (χ4n) is 2.07. The predicted molar refractivity (Wildman–Crippen MR) is 60.5 cm³/mol. The number of aromatic nitrogens is 3. The summed E-state index contributed by atoms with van der Waals surface area (Å²) in [6.07, 6.45) is 3.42. The zero-order valence-electron chi connectivity index (χ0n) is 8.08. The lowest BCUT2D eigenvalue weighted by molar-refractivity contribution is 0.914. The molecule has 2 aromatic rings. The van der Waals surface area contributed by atoms with Crippen molar-refractivity contribution in [3.8, 4) is 11.4 Å². The van der Waals surface area contributed by atoms with Crippen molar-refractivity contribution in [1.82, 2.24) is 15.2 Å². The summed E-state index contributed by atoms with van der Waals surface area (Å²) in [7, 11) is 0. The lowest BCUT2D eigenvalue weighted by atomic mass is 10.1. The first-order chi connectivity index (χ1) is 7.25. The molecule has 0 aromatic carbocycles. The van der Waals surface area contributed by atoms with Crippen LogP contribution in [0.4, 0.5) is 10.9 Å². The molecule has 1 aliphatic rings. The Morgan fingerprint density at radius 2 is 2.13 bits per heavy atom. The lowest BCUT2D eigenvalue weighted by Crippen LogP contribution is -1.90. The minimum absolute atomic E-state index is 0.266. The van der Waals surface area contributed by atoms with Gasteiger partial charge in [-0.2, -0.15) is 4.98 Å². The fourth-order valence-corrected chi connectivity index (χ4v) is 3.23. The van der Waals surface area contributed by atoms with E-state index in [0.717, 1.165) is 23.4 Å². The van der Waals surface area contributed by atoms with Crippen LogP contribution < -0.4 is 11.5 Å². The van der Waals surface area contributed by atoms with Gasteiger partial charge in [-0.05, 0) is 24.8 Å². The van der Waals surface area contributed by atoms with Gasteiger partial charge in [0.25, 0.3) is 0 Å². The molecular formula is C9H11N5S. The number of hydrogen-bond donors (Lipinski definition) is 3. The first kappa shape index (κ1) is 8.72. The maximum absolute atomic E-state index is 5.98. The smallest absolute Gasteiger partial charge is 0.239 e. The summed E-state index contributed by atoms with van der Waals surface area (Å²) in [5.41, 5.74) is 13.8. The van der Waals surface area contributed by atoms with Gasteiger partial charge in [-0.25, -0.2) is 0 Å². The molecule has 5 N–H and O–H groups in total. The molecule has 0 saturated carbocycles. The summed E-state index contributed by atoms with van der Waals surface area (Å²) in [5.74, 6) is 0.965. The highest BCUT2D eigenvalue weighted by molar-refractivity contribution is 7.16. The number of fused-ring (bicyclic) bond motifs is 1. The SMILES string of the molecule is Nc1n[nH]c(-c2c(N)sc3c2CCC3)n1. The molecule has 1 aliphatic carbocycles. The monoisotopic (exact) mass is 221 g/mol. The van der Waals surface area contributed by atoms with Crippen molar-refractivity contribution in [2.24, 2.45) is 0 Å². The largest absolute Gasteiger partial charge is 0.390 e. The molecule has 3 rings (SSSR count). The Hall–Kier alpha value is -1.56. The Kier molecular flexibility index (Phi) is 1.72. The number of thiophene rings is 1. The molecule has 78 valence electrons. The molecule has 0 spiro atoms. The molecule has 0 aliphatic heterocycles. The van der Waals surface area contributed by atoms with Crippen LogP contribution in [0.15, 0.2) is 0 Å². The number of nitrogens with zero attached hydrogens (tertiary/aromatic N) is 2. The number of nitrogen functional groups attached to an aromatic ring is 2. The van der Waals surface area contributed by atoms with Crippen LogP contribution in [0.1, 0.15) is 16.9 Å². The first-order valence-corrected chi connectivity index (χ1v) is 5.65. The number of nitrogens with two attached hydrogens (primary N) is 2. The van der Waals surface area contributed by atoms with E-state index in [1.807, 2.05) is 0 Å². The van der Waals surface area contributed by atoms with Crippen LogP contribution in [0, 0.1) is 0 Å². The Bertz CT molecular complexity index is 513. The van der Waals surface area contributed by atoms with Crippen LogP contribution in [0.25, 0.3) is 11.4 Å². The van der Waals surface area contributed by atoms with Gasteiger partial charge in [0.2, 0.25) is 5.95 Å². The van der Waals surface area contributed by atoms with Crippen LogP contribution in [0.3, 0.4) is 0 Å². The molecule has 5 nitrogen and oxygen atoms in total. The van der Waals surface area contributed by atoms with Gasteiger partial charge in [0.05, 0.1) is 10.6 Å². The molecule has 15 heavy (non-hydrogen) atoms. The zero-order valence-corrected chi connectivity index (χ0v) is 8.90. The highest BCUT2D eigenvalue weighted by Gasteiger charge is 2.23. The third kappa shape index (κ3) is 1.21. The normalized spacial score (nSPS) is 14.4. The average molecular weight is 221 g/mol. The van der Waals surface area contributed by atoms with E-state index in [9.17, 15) is 0 Å². The molecule has 0 amide bonds. The second kappa shape index (κ2) is 2.96. The van der Waals surface area contributed by atoms with Crippen molar-refractivity contribution in [3.63, 3.8) is 0 Å². The van der Waals surface area contributed by atoms with Gasteiger partial charge in [0, 0.05) is 4.88 Å². The van der Waals surface area contributed by atoms with Crippen LogP contribution >= 0.6 is 11.3 Å². The molecule has 2 aromatic heterocycles. The van der Waals surface area contributed by atoms with E-state index in [1.165, 1.54) is 16.9 Å². The molecule has 0 saturated heterocycles.